The van der Waals surface area contributed by atoms with E-state index >= 15 is 0 Å². The molecular formula is C21H46NNaO4S2. The van der Waals surface area contributed by atoms with Gasteiger partial charge in [-0.3, -0.25) is 4.79 Å². The van der Waals surface area contributed by atoms with Gasteiger partial charge in [0.25, 0.3) is 0 Å². The Kier molecular flexibility index (Phi) is 28.0. The maximum absolute atomic E-state index is 11.8. The van der Waals surface area contributed by atoms with Crippen LogP contribution in [0.3, 0.4) is 0 Å². The minimum Gasteiger partial charge on any atom is -0.748 e. The van der Waals surface area contributed by atoms with Crippen LogP contribution in [0.2, 0.25) is 0 Å². The molecule has 0 heterocycles. The number of nitrogens with one attached hydrogen (secondary N) is 1. The van der Waals surface area contributed by atoms with Crippen LogP contribution in [0.4, 0.5) is 0 Å². The van der Waals surface area contributed by atoms with Gasteiger partial charge in [-0.2, -0.15) is 11.8 Å². The van der Waals surface area contributed by atoms with E-state index < -0.39 is 21.4 Å². The minimum atomic E-state index is -4.35. The number of unbranched alkanes of at least 4 members (excludes halogenated alkanes) is 9. The van der Waals surface area contributed by atoms with Gasteiger partial charge < -0.3 is 9.87 Å². The average molecular weight is 464 g/mol. The van der Waals surface area contributed by atoms with Crippen LogP contribution in [0, 0.1) is 0 Å². The second kappa shape index (κ2) is 21.9. The molecule has 29 heavy (non-hydrogen) atoms. The Labute approximate surface area is 208 Å². The van der Waals surface area contributed by atoms with E-state index in [-0.39, 0.29) is 50.3 Å². The summed E-state index contributed by atoms with van der Waals surface area (Å²) in [5, 5.41) is 2.62. The van der Waals surface area contributed by atoms with E-state index in [0.29, 0.717) is 6.42 Å². The maximum atomic E-state index is 11.8. The van der Waals surface area contributed by atoms with Crippen molar-refractivity contribution in [2.24, 2.45) is 0 Å². The number of rotatable bonds is 17. The molecule has 0 saturated heterocycles. The van der Waals surface area contributed by atoms with Crippen LogP contribution in [-0.4, -0.2) is 41.7 Å². The predicted octanol–water partition coefficient (Wildman–Crippen LogP) is 2.75. The summed E-state index contributed by atoms with van der Waals surface area (Å²) < 4.78 is 32.4. The third-order valence-electron chi connectivity index (χ3n) is 4.13. The smallest absolute Gasteiger partial charge is 0.748 e. The van der Waals surface area contributed by atoms with Gasteiger partial charge in [-0.1, -0.05) is 79.6 Å². The minimum absolute atomic E-state index is 0. The molecule has 0 bridgehead atoms. The maximum Gasteiger partial charge on any atom is 1.00 e. The summed E-state index contributed by atoms with van der Waals surface area (Å²) in [4.78, 5) is 11.8. The van der Waals surface area contributed by atoms with Gasteiger partial charge in [-0.05, 0) is 26.0 Å². The second-order valence-corrected chi connectivity index (χ2v) is 10.3. The molecule has 1 amide bonds. The molecule has 8 heteroatoms. The molecule has 1 N–H and O–H groups in total. The molecule has 172 valence electrons. The van der Waals surface area contributed by atoms with E-state index in [0.717, 1.165) is 11.5 Å². The van der Waals surface area contributed by atoms with Crippen molar-refractivity contribution in [3.8, 4) is 0 Å². The Bertz CT molecular complexity index is 471. The van der Waals surface area contributed by atoms with Gasteiger partial charge in [0.2, 0.25) is 5.91 Å². The Balaban J connectivity index is -0.00000104. The van der Waals surface area contributed by atoms with Gasteiger partial charge in [-0.25, -0.2) is 8.42 Å². The summed E-state index contributed by atoms with van der Waals surface area (Å²) in [5.41, 5.74) is -1.02. The van der Waals surface area contributed by atoms with E-state index in [2.05, 4.69) is 12.2 Å². The molecule has 0 unspecified atom stereocenters. The zero-order valence-corrected chi connectivity index (χ0v) is 21.5. The van der Waals surface area contributed by atoms with Crippen molar-refractivity contribution in [3.05, 3.63) is 0 Å². The van der Waals surface area contributed by atoms with Crippen LogP contribution in [0.1, 0.15) is 106 Å². The first-order valence-corrected chi connectivity index (χ1v) is 12.7. The van der Waals surface area contributed by atoms with Crippen LogP contribution in [0.5, 0.6) is 0 Å². The monoisotopic (exact) mass is 463 g/mol. The third kappa shape index (κ3) is 28.7. The van der Waals surface area contributed by atoms with Crippen LogP contribution >= 0.6 is 11.8 Å². The third-order valence-corrected chi connectivity index (χ3v) is 6.28. The summed E-state index contributed by atoms with van der Waals surface area (Å²) in [5.74, 6) is 0.998. The molecule has 0 aromatic heterocycles. The van der Waals surface area contributed by atoms with Gasteiger partial charge in [-0.15, -0.1) is 0 Å². The molecular weight excluding hydrogens is 417 g/mol. The molecule has 0 fully saturated rings. The molecule has 0 aliphatic rings. The first kappa shape index (κ1) is 37.1. The zero-order valence-electron chi connectivity index (χ0n) is 17.8. The van der Waals surface area contributed by atoms with Crippen molar-refractivity contribution in [2.45, 2.75) is 112 Å². The van der Waals surface area contributed by atoms with Gasteiger partial charge in [0.15, 0.2) is 0 Å². The summed E-state index contributed by atoms with van der Waals surface area (Å²) in [6.45, 7) is 5.35. The van der Waals surface area contributed by atoms with Gasteiger partial charge >= 0.3 is 29.6 Å². The Morgan fingerprint density at radius 1 is 0.897 bits per heavy atom. The zero-order chi connectivity index (χ0) is 19.9. The number of carbonyl (C=O) groups is 1. The van der Waals surface area contributed by atoms with Crippen molar-refractivity contribution in [2.75, 3.05) is 17.3 Å². The van der Waals surface area contributed by atoms with Gasteiger partial charge in [0.1, 0.15) is 0 Å². The number of carbonyl (C=O) groups excluding carboxylic acids is 1. The molecule has 0 atom stereocenters. The molecule has 0 saturated carbocycles. The van der Waals surface area contributed by atoms with E-state index in [9.17, 15) is 17.8 Å². The molecule has 5 nitrogen and oxygen atoms in total. The summed E-state index contributed by atoms with van der Waals surface area (Å²) in [6.07, 6.45) is 13.6. The van der Waals surface area contributed by atoms with Crippen molar-refractivity contribution < 1.29 is 47.3 Å². The molecule has 0 radical (unpaired) electrons. The number of hydrogen-bond donors (Lipinski definition) is 1. The van der Waals surface area contributed by atoms with E-state index in [4.69, 9.17) is 0 Å². The van der Waals surface area contributed by atoms with Crippen molar-refractivity contribution in [1.82, 2.24) is 5.32 Å². The van der Waals surface area contributed by atoms with Gasteiger partial charge in [0, 0.05) is 17.7 Å². The summed E-state index contributed by atoms with van der Waals surface area (Å²) >= 11 is 1.76. The topological polar surface area (TPSA) is 86.3 Å². The quantitative estimate of drug-likeness (QED) is 0.204. The first-order chi connectivity index (χ1) is 12.2. The molecule has 0 spiro atoms. The molecule has 0 aliphatic carbocycles. The predicted molar refractivity (Wildman–Crippen MR) is 124 cm³/mol. The largest absolute Gasteiger partial charge is 1.00 e. The van der Waals surface area contributed by atoms with Crippen molar-refractivity contribution in [3.63, 3.8) is 0 Å². The molecule has 0 aromatic carbocycles. The fourth-order valence-corrected chi connectivity index (χ4v) is 4.77. The average Bonchev–Trinajstić information content (AvgIpc) is 2.48. The normalized spacial score (nSPS) is 11.0. The Morgan fingerprint density at radius 3 is 1.79 bits per heavy atom. The Hall–Kier alpha value is 0.730. The Morgan fingerprint density at radius 2 is 1.34 bits per heavy atom. The van der Waals surface area contributed by atoms with Crippen LogP contribution in [0.15, 0.2) is 0 Å². The van der Waals surface area contributed by atoms with Crippen molar-refractivity contribution >= 4 is 27.8 Å². The number of hydrogen-bond acceptors (Lipinski definition) is 5. The summed E-state index contributed by atoms with van der Waals surface area (Å²) in [6, 6.07) is 0. The standard InChI is InChI=1S/C19H39NO4S2.2CH4.Na/c1-4-5-6-7-8-9-10-11-12-13-15-25-16-14-18(21)20-19(2,3)17-26(22,23)24;;;/h4-17H2,1-3H3,(H,20,21)(H,22,23,24);2*1H4;/q;;;+1/p-1. The fourth-order valence-electron chi connectivity index (χ4n) is 2.88. The van der Waals surface area contributed by atoms with Gasteiger partial charge in [0.05, 0.1) is 15.9 Å². The van der Waals surface area contributed by atoms with Crippen LogP contribution < -0.4 is 34.9 Å². The number of amides is 1. The van der Waals surface area contributed by atoms with E-state index in [1.165, 1.54) is 64.2 Å². The molecule has 0 aliphatic heterocycles. The van der Waals surface area contributed by atoms with Crippen molar-refractivity contribution in [1.29, 1.82) is 0 Å². The molecule has 0 aromatic rings. The fraction of sp³-hybridized carbons (Fsp3) is 0.952. The molecule has 0 rings (SSSR count). The second-order valence-electron chi connectivity index (χ2n) is 7.68. The van der Waals surface area contributed by atoms with E-state index in [1.54, 1.807) is 25.6 Å². The van der Waals surface area contributed by atoms with E-state index in [1.807, 2.05) is 0 Å². The SMILES string of the molecule is C.C.CCCCCCCCCCCCSCCC(=O)NC(C)(C)CS(=O)(=O)[O-].[Na+]. The summed E-state index contributed by atoms with van der Waals surface area (Å²) in [7, 11) is -4.35. The van der Waals surface area contributed by atoms with Crippen LogP contribution in [-0.2, 0) is 14.9 Å². The van der Waals surface area contributed by atoms with Crippen LogP contribution in [0.25, 0.3) is 0 Å². The number of thioether (sulfide) groups is 1. The first-order valence-electron chi connectivity index (χ1n) is 9.98.